The summed E-state index contributed by atoms with van der Waals surface area (Å²) in [6.45, 7) is -0.0212. The zero-order valence-corrected chi connectivity index (χ0v) is 38.7. The predicted octanol–water partition coefficient (Wildman–Crippen LogP) is 4.81. The van der Waals surface area contributed by atoms with E-state index >= 15 is 0 Å². The fourth-order valence-electron chi connectivity index (χ4n) is 9.16. The van der Waals surface area contributed by atoms with E-state index in [9.17, 15) is 19.2 Å². The number of anilines is 1. The maximum atomic E-state index is 14.2. The molecular weight excluding hydrogens is 901 g/mol. The molecule has 9 rings (SSSR count). The highest BCUT2D eigenvalue weighted by Gasteiger charge is 2.49. The van der Waals surface area contributed by atoms with Crippen LogP contribution in [0.3, 0.4) is 0 Å². The van der Waals surface area contributed by atoms with Crippen molar-refractivity contribution in [1.82, 2.24) is 34.4 Å². The van der Waals surface area contributed by atoms with Crippen molar-refractivity contribution in [3.05, 3.63) is 184 Å². The minimum Gasteiger partial charge on any atom is -0.497 e. The lowest BCUT2D eigenvalue weighted by atomic mass is 9.79. The van der Waals surface area contributed by atoms with Crippen LogP contribution < -0.4 is 31.4 Å². The average Bonchev–Trinajstić information content (AvgIpc) is 4.12. The summed E-state index contributed by atoms with van der Waals surface area (Å²) in [7, 11) is 6.22. The van der Waals surface area contributed by atoms with E-state index in [2.05, 4.69) is 30.6 Å². The van der Waals surface area contributed by atoms with Crippen molar-refractivity contribution in [2.45, 2.75) is 48.9 Å². The summed E-state index contributed by atoms with van der Waals surface area (Å²) >= 11 is 0. The molecule has 7 aromatic rings. The van der Waals surface area contributed by atoms with Gasteiger partial charge in [-0.05, 0) is 53.1 Å². The molecule has 70 heavy (non-hydrogen) atoms. The molecule has 3 N–H and O–H groups in total. The zero-order chi connectivity index (χ0) is 48.8. The smallest absolute Gasteiger partial charge is 0.330 e. The first-order chi connectivity index (χ1) is 34.1. The van der Waals surface area contributed by atoms with Crippen LogP contribution in [-0.4, -0.2) is 107 Å². The Hall–Kier alpha value is -7.55. The number of imidazole rings is 1. The number of methoxy groups -OCH3 is 4. The van der Waals surface area contributed by atoms with Crippen LogP contribution in [0, 0.1) is 12.3 Å². The number of amides is 2. The molecule has 0 aliphatic carbocycles. The first kappa shape index (κ1) is 47.5. The van der Waals surface area contributed by atoms with Gasteiger partial charge in [0.25, 0.3) is 11.5 Å². The Balaban J connectivity index is 0.966. The van der Waals surface area contributed by atoms with E-state index in [1.165, 1.54) is 36.6 Å². The molecular formula is C51H51N8O11. The van der Waals surface area contributed by atoms with E-state index in [1.54, 1.807) is 50.2 Å². The van der Waals surface area contributed by atoms with Crippen LogP contribution in [0.5, 0.6) is 11.5 Å². The molecule has 2 amide bonds. The molecule has 0 unspecified atom stereocenters. The van der Waals surface area contributed by atoms with Crippen molar-refractivity contribution < 1.29 is 42.7 Å². The second-order valence-corrected chi connectivity index (χ2v) is 16.6. The Bertz CT molecular complexity index is 2970. The molecule has 19 heteroatoms. The van der Waals surface area contributed by atoms with Gasteiger partial charge in [-0.25, -0.2) is 19.7 Å². The van der Waals surface area contributed by atoms with Gasteiger partial charge in [0.1, 0.15) is 35.6 Å². The average molecular weight is 952 g/mol. The molecule has 3 aromatic heterocycles. The van der Waals surface area contributed by atoms with Gasteiger partial charge >= 0.3 is 5.69 Å². The summed E-state index contributed by atoms with van der Waals surface area (Å²) in [6.07, 6.45) is 1.27. The molecule has 0 saturated carbocycles. The largest absolute Gasteiger partial charge is 0.497 e. The summed E-state index contributed by atoms with van der Waals surface area (Å²) in [5.41, 5.74) is 1.05. The Morgan fingerprint density at radius 3 is 2.03 bits per heavy atom. The molecule has 1 radical (unpaired) electrons. The van der Waals surface area contributed by atoms with Crippen molar-refractivity contribution in [2.75, 3.05) is 46.9 Å². The molecule has 2 fully saturated rings. The summed E-state index contributed by atoms with van der Waals surface area (Å²) in [4.78, 5) is 68.2. The number of nitrogens with zero attached hydrogens (tertiary/aromatic N) is 5. The van der Waals surface area contributed by atoms with Crippen LogP contribution in [0.4, 0.5) is 5.82 Å². The van der Waals surface area contributed by atoms with E-state index in [-0.39, 0.29) is 37.2 Å². The third-order valence-corrected chi connectivity index (χ3v) is 12.6. The quantitative estimate of drug-likeness (QED) is 0.0984. The molecule has 0 bridgehead atoms. The number of H-pyrrole nitrogens is 1. The van der Waals surface area contributed by atoms with Crippen LogP contribution in [-0.2, 0) is 34.1 Å². The van der Waals surface area contributed by atoms with Crippen molar-refractivity contribution in [1.29, 1.82) is 0 Å². The number of nitrogens with one attached hydrogen (secondary N) is 3. The number of hydrogen-bond acceptors (Lipinski definition) is 14. The molecule has 19 nitrogen and oxygen atoms in total. The highest BCUT2D eigenvalue weighted by Crippen LogP contribution is 2.44. The SMILES string of the molecule is COc1ccc(C(OC[C@H]2O[C@@H](n3ccc(=O)[nH]c3=O)[C@H](OC)[C@@H]2CC(=O)NC[C@H]2[CH][C@@H](OC)[C@H](n3cnc4c(NC(=O)c5ccccc5)ncnc43)O2)(c2ccccc2)c2ccc(OC)cc2)cc1. The summed E-state index contributed by atoms with van der Waals surface area (Å²) < 4.78 is 46.2. The van der Waals surface area contributed by atoms with Gasteiger partial charge in [-0.1, -0.05) is 72.8 Å². The van der Waals surface area contributed by atoms with Gasteiger partial charge in [0.15, 0.2) is 29.4 Å². The van der Waals surface area contributed by atoms with Gasteiger partial charge in [-0.2, -0.15) is 0 Å². The molecule has 2 aliphatic heterocycles. The number of benzene rings is 4. The highest BCUT2D eigenvalue weighted by molar-refractivity contribution is 6.06. The Labute approximate surface area is 401 Å². The first-order valence-corrected chi connectivity index (χ1v) is 22.5. The van der Waals surface area contributed by atoms with E-state index in [0.29, 0.717) is 28.2 Å². The normalized spacial score (nSPS) is 21.1. The standard InChI is InChI=1S/C51H51N8O11/c1-64-35-19-15-33(16-20-35)51(32-13-9-6-10-14-32,34-17-21-36(65-2)22-18-34)68-28-40-38(44(67-4)49(70-40)58-24-23-41(60)56-50(58)63)26-42(61)52-27-37-25-39(66-3)48(69-37)59-30-55-43-45(53-29-54-46(43)59)57-47(62)31-11-7-5-8-12-31/h5-25,29-30,37-40,44,48-49H,26-28H2,1-4H3,(H,52,61)(H,56,60,63)(H,53,54,57,62)/t37-,38-,39-,40-,44-,48-,49-/m1/s1. The molecule has 2 saturated heterocycles. The Kier molecular flexibility index (Phi) is 14.2. The van der Waals surface area contributed by atoms with Crippen molar-refractivity contribution in [3.8, 4) is 11.5 Å². The lowest BCUT2D eigenvalue weighted by Gasteiger charge is -2.37. The summed E-state index contributed by atoms with van der Waals surface area (Å²) in [5, 5.41) is 5.83. The Morgan fingerprint density at radius 2 is 1.40 bits per heavy atom. The monoisotopic (exact) mass is 951 g/mol. The van der Waals surface area contributed by atoms with Crippen LogP contribution in [0.1, 0.15) is 45.9 Å². The lowest BCUT2D eigenvalue weighted by molar-refractivity contribution is -0.125. The number of rotatable bonds is 18. The third-order valence-electron chi connectivity index (χ3n) is 12.6. The number of hydrogen-bond donors (Lipinski definition) is 3. The number of carbonyl (C=O) groups excluding carboxylic acids is 2. The number of carbonyl (C=O) groups is 2. The maximum absolute atomic E-state index is 14.2. The topological polar surface area (TPSA) is 221 Å². The number of aromatic nitrogens is 6. The van der Waals surface area contributed by atoms with E-state index in [4.69, 9.17) is 33.2 Å². The highest BCUT2D eigenvalue weighted by atomic mass is 16.6. The summed E-state index contributed by atoms with van der Waals surface area (Å²) in [5.74, 6) is 0.141. The molecule has 361 valence electrons. The van der Waals surface area contributed by atoms with E-state index < -0.39 is 59.6 Å². The van der Waals surface area contributed by atoms with Gasteiger partial charge in [-0.15, -0.1) is 0 Å². The minimum atomic E-state index is -1.24. The zero-order valence-electron chi connectivity index (χ0n) is 38.7. The fraction of sp³-hybridized carbons (Fsp3) is 0.294. The Morgan fingerprint density at radius 1 is 0.743 bits per heavy atom. The maximum Gasteiger partial charge on any atom is 0.330 e. The van der Waals surface area contributed by atoms with Crippen molar-refractivity contribution in [2.24, 2.45) is 5.92 Å². The van der Waals surface area contributed by atoms with Gasteiger partial charge in [0.2, 0.25) is 5.91 Å². The second-order valence-electron chi connectivity index (χ2n) is 16.6. The van der Waals surface area contributed by atoms with Gasteiger partial charge < -0.3 is 43.8 Å². The van der Waals surface area contributed by atoms with Crippen molar-refractivity contribution in [3.63, 3.8) is 0 Å². The van der Waals surface area contributed by atoms with Crippen LogP contribution in [0.25, 0.3) is 11.2 Å². The van der Waals surface area contributed by atoms with Gasteiger partial charge in [0.05, 0.1) is 39.4 Å². The molecule has 0 spiro atoms. The van der Waals surface area contributed by atoms with Gasteiger partial charge in [0, 0.05) is 57.4 Å². The number of aromatic amines is 1. The van der Waals surface area contributed by atoms with Crippen LogP contribution >= 0.6 is 0 Å². The van der Waals surface area contributed by atoms with E-state index in [0.717, 1.165) is 16.7 Å². The van der Waals surface area contributed by atoms with Crippen LogP contribution in [0.15, 0.2) is 144 Å². The van der Waals surface area contributed by atoms with E-state index in [1.807, 2.05) is 91.3 Å². The third kappa shape index (κ3) is 9.57. The van der Waals surface area contributed by atoms with Crippen LogP contribution in [0.2, 0.25) is 0 Å². The minimum absolute atomic E-state index is 0.0659. The predicted molar refractivity (Wildman–Crippen MR) is 254 cm³/mol. The molecule has 2 aliphatic rings. The first-order valence-electron chi connectivity index (χ1n) is 22.5. The molecule has 7 atom stereocenters. The number of ether oxygens (including phenoxy) is 7. The van der Waals surface area contributed by atoms with Crippen molar-refractivity contribution >= 4 is 28.8 Å². The number of fused-ring (bicyclic) bond motifs is 1. The lowest BCUT2D eigenvalue weighted by Crippen LogP contribution is -2.41. The molecule has 5 heterocycles. The fourth-order valence-corrected chi connectivity index (χ4v) is 9.16. The molecule has 4 aromatic carbocycles. The van der Waals surface area contributed by atoms with Gasteiger partial charge in [-0.3, -0.25) is 28.5 Å². The second kappa shape index (κ2) is 21.0. The summed E-state index contributed by atoms with van der Waals surface area (Å²) in [6, 6.07) is 34.9.